The highest BCUT2D eigenvalue weighted by Gasteiger charge is 2.33. The Morgan fingerprint density at radius 3 is 2.47 bits per heavy atom. The van der Waals surface area contributed by atoms with E-state index in [2.05, 4.69) is 0 Å². The van der Waals surface area contributed by atoms with Crippen molar-refractivity contribution in [2.75, 3.05) is 19.0 Å². The monoisotopic (exact) mass is 305 g/mol. The van der Waals surface area contributed by atoms with Crippen LogP contribution in [0.15, 0.2) is 12.1 Å². The molecule has 0 N–H and O–H groups in total. The van der Waals surface area contributed by atoms with Crippen LogP contribution in [0.2, 0.25) is 4.34 Å². The van der Waals surface area contributed by atoms with Crippen molar-refractivity contribution in [1.82, 2.24) is 4.90 Å². The highest BCUT2D eigenvalue weighted by atomic mass is 35.5. The topological polar surface area (TPSA) is 20.3 Å². The first kappa shape index (κ1) is 14.6. The van der Waals surface area contributed by atoms with Crippen molar-refractivity contribution in [3.63, 3.8) is 0 Å². The quantitative estimate of drug-likeness (QED) is 0.778. The molecule has 1 aromatic rings. The number of halogens is 5. The molecule has 17 heavy (non-hydrogen) atoms. The SMILES string of the molecule is O=C(c1ccc(Cl)s1)N(CCCl)CC(F)(F)F. The predicted molar refractivity (Wildman–Crippen MR) is 62.0 cm³/mol. The second-order valence-electron chi connectivity index (χ2n) is 3.13. The van der Waals surface area contributed by atoms with Crippen LogP contribution in [0.3, 0.4) is 0 Å². The Morgan fingerprint density at radius 2 is 2.06 bits per heavy atom. The molecule has 0 aromatic carbocycles. The second-order valence-corrected chi connectivity index (χ2v) is 5.23. The first-order valence-corrected chi connectivity index (χ1v) is 6.23. The Bertz CT molecular complexity index is 394. The second kappa shape index (κ2) is 5.93. The van der Waals surface area contributed by atoms with Crippen LogP contribution in [-0.4, -0.2) is 36.0 Å². The van der Waals surface area contributed by atoms with Gasteiger partial charge in [0.15, 0.2) is 0 Å². The molecule has 1 aromatic heterocycles. The van der Waals surface area contributed by atoms with Gasteiger partial charge in [-0.05, 0) is 12.1 Å². The third-order valence-corrected chi connectivity index (χ3v) is 3.18. The van der Waals surface area contributed by atoms with Gasteiger partial charge in [-0.1, -0.05) is 11.6 Å². The highest BCUT2D eigenvalue weighted by Crippen LogP contribution is 2.24. The van der Waals surface area contributed by atoms with Gasteiger partial charge >= 0.3 is 6.18 Å². The normalized spacial score (nSPS) is 11.6. The molecular formula is C9H8Cl2F3NOS. The van der Waals surface area contributed by atoms with Crippen molar-refractivity contribution in [1.29, 1.82) is 0 Å². The molecule has 0 unspecified atom stereocenters. The molecule has 0 spiro atoms. The maximum absolute atomic E-state index is 12.3. The Labute approximate surface area is 110 Å². The van der Waals surface area contributed by atoms with Gasteiger partial charge in [-0.25, -0.2) is 0 Å². The van der Waals surface area contributed by atoms with E-state index in [1.165, 1.54) is 12.1 Å². The van der Waals surface area contributed by atoms with Gasteiger partial charge in [-0.15, -0.1) is 22.9 Å². The first-order valence-electron chi connectivity index (χ1n) is 4.51. The molecule has 0 radical (unpaired) electrons. The lowest BCUT2D eigenvalue weighted by Crippen LogP contribution is -2.39. The molecule has 8 heteroatoms. The van der Waals surface area contributed by atoms with Crippen LogP contribution in [0.25, 0.3) is 0 Å². The molecule has 2 nitrogen and oxygen atoms in total. The molecule has 0 aliphatic rings. The summed E-state index contributed by atoms with van der Waals surface area (Å²) in [6.45, 7) is -1.47. The van der Waals surface area contributed by atoms with Crippen LogP contribution in [0, 0.1) is 0 Å². The van der Waals surface area contributed by atoms with Gasteiger partial charge in [0, 0.05) is 12.4 Å². The number of alkyl halides is 4. The van der Waals surface area contributed by atoms with Crippen LogP contribution in [0.1, 0.15) is 9.67 Å². The zero-order valence-electron chi connectivity index (χ0n) is 8.43. The minimum atomic E-state index is -4.44. The van der Waals surface area contributed by atoms with Crippen LogP contribution in [0.5, 0.6) is 0 Å². The molecule has 0 aliphatic heterocycles. The minimum Gasteiger partial charge on any atom is -0.328 e. The summed E-state index contributed by atoms with van der Waals surface area (Å²) in [6.07, 6.45) is -4.44. The van der Waals surface area contributed by atoms with Crippen LogP contribution in [-0.2, 0) is 0 Å². The zero-order valence-corrected chi connectivity index (χ0v) is 10.8. The molecular weight excluding hydrogens is 298 g/mol. The van der Waals surface area contributed by atoms with E-state index in [0.717, 1.165) is 11.3 Å². The maximum Gasteiger partial charge on any atom is 0.406 e. The van der Waals surface area contributed by atoms with Gasteiger partial charge in [-0.2, -0.15) is 13.2 Å². The van der Waals surface area contributed by atoms with Gasteiger partial charge in [0.05, 0.1) is 9.21 Å². The first-order chi connectivity index (χ1) is 7.83. The standard InChI is InChI=1S/C9H8Cl2F3NOS/c10-3-4-15(5-9(12,13)14)8(16)6-1-2-7(11)17-6/h1-2H,3-5H2. The molecule has 0 saturated heterocycles. The van der Waals surface area contributed by atoms with Gasteiger partial charge in [-0.3, -0.25) is 4.79 Å². The fraction of sp³-hybridized carbons (Fsp3) is 0.444. The van der Waals surface area contributed by atoms with Crippen LogP contribution < -0.4 is 0 Å². The summed E-state index contributed by atoms with van der Waals surface area (Å²) >= 11 is 11.9. The number of amides is 1. The predicted octanol–water partition coefficient (Wildman–Crippen LogP) is 3.64. The fourth-order valence-corrected chi connectivity index (χ4v) is 2.37. The Kier molecular flexibility index (Phi) is 5.09. The van der Waals surface area contributed by atoms with E-state index < -0.39 is 18.6 Å². The van der Waals surface area contributed by atoms with Crippen molar-refractivity contribution in [2.24, 2.45) is 0 Å². The molecule has 1 rings (SSSR count). The van der Waals surface area contributed by atoms with E-state index in [4.69, 9.17) is 23.2 Å². The summed E-state index contributed by atoms with van der Waals surface area (Å²) in [5.41, 5.74) is 0. The molecule has 0 aliphatic carbocycles. The van der Waals surface area contributed by atoms with Crippen molar-refractivity contribution < 1.29 is 18.0 Å². The summed E-state index contributed by atoms with van der Waals surface area (Å²) in [4.78, 5) is 12.6. The van der Waals surface area contributed by atoms with Gasteiger partial charge < -0.3 is 4.90 Å². The molecule has 1 heterocycles. The van der Waals surface area contributed by atoms with E-state index in [-0.39, 0.29) is 17.3 Å². The largest absolute Gasteiger partial charge is 0.406 e. The lowest BCUT2D eigenvalue weighted by Gasteiger charge is -2.22. The number of nitrogens with zero attached hydrogens (tertiary/aromatic N) is 1. The third-order valence-electron chi connectivity index (χ3n) is 1.80. The molecule has 0 atom stereocenters. The summed E-state index contributed by atoms with van der Waals surface area (Å²) in [5, 5.41) is 0. The average molecular weight is 306 g/mol. The van der Waals surface area contributed by atoms with Crippen molar-refractivity contribution in [3.05, 3.63) is 21.3 Å². The maximum atomic E-state index is 12.3. The molecule has 1 amide bonds. The van der Waals surface area contributed by atoms with Gasteiger partial charge in [0.1, 0.15) is 6.54 Å². The van der Waals surface area contributed by atoms with E-state index >= 15 is 0 Å². The van der Waals surface area contributed by atoms with E-state index in [9.17, 15) is 18.0 Å². The fourth-order valence-electron chi connectivity index (χ4n) is 1.16. The Morgan fingerprint density at radius 1 is 1.41 bits per heavy atom. The van der Waals surface area contributed by atoms with Crippen molar-refractivity contribution in [2.45, 2.75) is 6.18 Å². The molecule has 96 valence electrons. The molecule has 0 bridgehead atoms. The average Bonchev–Trinajstić information content (AvgIpc) is 2.61. The van der Waals surface area contributed by atoms with Crippen molar-refractivity contribution >= 4 is 40.4 Å². The highest BCUT2D eigenvalue weighted by molar-refractivity contribution is 7.17. The number of hydrogen-bond acceptors (Lipinski definition) is 2. The number of carbonyl (C=O) groups is 1. The summed E-state index contributed by atoms with van der Waals surface area (Å²) in [6, 6.07) is 2.86. The summed E-state index contributed by atoms with van der Waals surface area (Å²) < 4.78 is 37.1. The summed E-state index contributed by atoms with van der Waals surface area (Å²) in [5.74, 6) is -0.763. The molecule has 0 saturated carbocycles. The number of hydrogen-bond donors (Lipinski definition) is 0. The summed E-state index contributed by atoms with van der Waals surface area (Å²) in [7, 11) is 0. The third kappa shape index (κ3) is 4.73. The van der Waals surface area contributed by atoms with Gasteiger partial charge in [0.2, 0.25) is 0 Å². The Hall–Kier alpha value is -0.460. The van der Waals surface area contributed by atoms with E-state index in [1.54, 1.807) is 0 Å². The van der Waals surface area contributed by atoms with Crippen LogP contribution in [0.4, 0.5) is 13.2 Å². The number of rotatable bonds is 4. The Balaban J connectivity index is 2.80. The van der Waals surface area contributed by atoms with Crippen LogP contribution >= 0.6 is 34.5 Å². The van der Waals surface area contributed by atoms with E-state index in [0.29, 0.717) is 9.24 Å². The number of carbonyl (C=O) groups excluding carboxylic acids is 1. The smallest absolute Gasteiger partial charge is 0.328 e. The van der Waals surface area contributed by atoms with Gasteiger partial charge in [0.25, 0.3) is 5.91 Å². The zero-order chi connectivity index (χ0) is 13.1. The lowest BCUT2D eigenvalue weighted by molar-refractivity contribution is -0.140. The lowest BCUT2D eigenvalue weighted by atomic mass is 10.3. The van der Waals surface area contributed by atoms with E-state index in [1.807, 2.05) is 0 Å². The minimum absolute atomic E-state index is 0.0546. The molecule has 0 fully saturated rings. The number of thiophene rings is 1. The van der Waals surface area contributed by atoms with Crippen molar-refractivity contribution in [3.8, 4) is 0 Å².